The van der Waals surface area contributed by atoms with Crippen LogP contribution in [0.25, 0.3) is 10.9 Å². The molecule has 0 aliphatic carbocycles. The highest BCUT2D eigenvalue weighted by atomic mass is 35.5. The summed E-state index contributed by atoms with van der Waals surface area (Å²) in [6, 6.07) is 5.88. The molecule has 1 aromatic heterocycles. The van der Waals surface area contributed by atoms with E-state index in [0.717, 1.165) is 67.7 Å². The minimum atomic E-state index is 0.689. The standard InChI is InChI=1S/C18H23ClN4O/c19-15-3-4-16-17(10-15)20-13-21-18(16)23-5-1-2-14(12-23)11-22-6-8-24-9-7-22/h3-4,10,13-14H,1-2,5-9,11-12H2. The summed E-state index contributed by atoms with van der Waals surface area (Å²) in [6.07, 6.45) is 4.16. The monoisotopic (exact) mass is 346 g/mol. The molecule has 2 saturated heterocycles. The van der Waals surface area contributed by atoms with E-state index < -0.39 is 0 Å². The summed E-state index contributed by atoms with van der Waals surface area (Å²) in [7, 11) is 0. The van der Waals surface area contributed by atoms with Gasteiger partial charge in [0, 0.05) is 43.1 Å². The van der Waals surface area contributed by atoms with Gasteiger partial charge in [0.2, 0.25) is 0 Å². The summed E-state index contributed by atoms with van der Waals surface area (Å²) in [5, 5.41) is 1.81. The molecule has 1 unspecified atom stereocenters. The van der Waals surface area contributed by atoms with Gasteiger partial charge in [0.05, 0.1) is 18.7 Å². The Bertz CT molecular complexity index is 704. The van der Waals surface area contributed by atoms with Crippen LogP contribution in [0.1, 0.15) is 12.8 Å². The van der Waals surface area contributed by atoms with Crippen LogP contribution in [0.15, 0.2) is 24.5 Å². The molecule has 2 aromatic rings. The molecule has 128 valence electrons. The molecule has 0 bridgehead atoms. The molecule has 0 amide bonds. The molecule has 2 fully saturated rings. The second kappa shape index (κ2) is 7.21. The highest BCUT2D eigenvalue weighted by molar-refractivity contribution is 6.31. The highest BCUT2D eigenvalue weighted by Crippen LogP contribution is 2.29. The number of aromatic nitrogens is 2. The molecule has 1 atom stereocenters. The van der Waals surface area contributed by atoms with E-state index in [1.165, 1.54) is 12.8 Å². The average Bonchev–Trinajstić information content (AvgIpc) is 2.62. The molecule has 2 aliphatic heterocycles. The zero-order chi connectivity index (χ0) is 16.4. The van der Waals surface area contributed by atoms with Gasteiger partial charge in [-0.15, -0.1) is 0 Å². The van der Waals surface area contributed by atoms with Gasteiger partial charge < -0.3 is 9.64 Å². The number of nitrogens with zero attached hydrogens (tertiary/aromatic N) is 4. The van der Waals surface area contributed by atoms with E-state index in [1.54, 1.807) is 6.33 Å². The van der Waals surface area contributed by atoms with Crippen LogP contribution in [0.5, 0.6) is 0 Å². The van der Waals surface area contributed by atoms with Crippen LogP contribution in [0.2, 0.25) is 5.02 Å². The Balaban J connectivity index is 1.51. The number of rotatable bonds is 3. The Kier molecular flexibility index (Phi) is 4.83. The van der Waals surface area contributed by atoms with Crippen molar-refractivity contribution in [3.63, 3.8) is 0 Å². The van der Waals surface area contributed by atoms with E-state index in [2.05, 4.69) is 19.8 Å². The third-order valence-corrected chi connectivity index (χ3v) is 5.25. The first-order valence-corrected chi connectivity index (χ1v) is 9.13. The first kappa shape index (κ1) is 16.1. The van der Waals surface area contributed by atoms with E-state index in [1.807, 2.05) is 18.2 Å². The van der Waals surface area contributed by atoms with Gasteiger partial charge in [0.15, 0.2) is 0 Å². The lowest BCUT2D eigenvalue weighted by Gasteiger charge is -2.37. The molecule has 24 heavy (non-hydrogen) atoms. The Morgan fingerprint density at radius 2 is 2.04 bits per heavy atom. The smallest absolute Gasteiger partial charge is 0.139 e. The van der Waals surface area contributed by atoms with E-state index in [-0.39, 0.29) is 0 Å². The van der Waals surface area contributed by atoms with Crippen LogP contribution in [-0.2, 0) is 4.74 Å². The summed E-state index contributed by atoms with van der Waals surface area (Å²) in [4.78, 5) is 13.9. The van der Waals surface area contributed by atoms with Crippen molar-refractivity contribution >= 4 is 28.3 Å². The van der Waals surface area contributed by atoms with Gasteiger partial charge in [0.25, 0.3) is 0 Å². The molecule has 0 saturated carbocycles. The van der Waals surface area contributed by atoms with Gasteiger partial charge in [-0.25, -0.2) is 9.97 Å². The number of hydrogen-bond donors (Lipinski definition) is 0. The summed E-state index contributed by atoms with van der Waals surface area (Å²) < 4.78 is 5.46. The maximum absolute atomic E-state index is 6.10. The number of piperidine rings is 1. The summed E-state index contributed by atoms with van der Waals surface area (Å²) >= 11 is 6.10. The van der Waals surface area contributed by atoms with Crippen molar-refractivity contribution < 1.29 is 4.74 Å². The number of fused-ring (bicyclic) bond motifs is 1. The van der Waals surface area contributed by atoms with Crippen molar-refractivity contribution in [1.29, 1.82) is 0 Å². The van der Waals surface area contributed by atoms with Crippen molar-refractivity contribution in [3.05, 3.63) is 29.5 Å². The Morgan fingerprint density at radius 1 is 1.17 bits per heavy atom. The summed E-state index contributed by atoms with van der Waals surface area (Å²) in [5.41, 5.74) is 0.919. The van der Waals surface area contributed by atoms with E-state index in [4.69, 9.17) is 16.3 Å². The lowest BCUT2D eigenvalue weighted by Crippen LogP contribution is -2.44. The molecule has 2 aliphatic rings. The number of benzene rings is 1. The van der Waals surface area contributed by atoms with Gasteiger partial charge in [-0.05, 0) is 37.0 Å². The maximum Gasteiger partial charge on any atom is 0.139 e. The average molecular weight is 347 g/mol. The quantitative estimate of drug-likeness (QED) is 0.854. The molecule has 0 radical (unpaired) electrons. The number of morpholine rings is 1. The van der Waals surface area contributed by atoms with E-state index >= 15 is 0 Å². The first-order valence-electron chi connectivity index (χ1n) is 8.75. The topological polar surface area (TPSA) is 41.5 Å². The highest BCUT2D eigenvalue weighted by Gasteiger charge is 2.24. The van der Waals surface area contributed by atoms with Crippen LogP contribution >= 0.6 is 11.6 Å². The Morgan fingerprint density at radius 3 is 2.92 bits per heavy atom. The predicted octanol–water partition coefficient (Wildman–Crippen LogP) is 2.83. The number of anilines is 1. The van der Waals surface area contributed by atoms with Gasteiger partial charge in [-0.2, -0.15) is 0 Å². The Hall–Kier alpha value is -1.43. The van der Waals surface area contributed by atoms with E-state index in [0.29, 0.717) is 5.92 Å². The molecular weight excluding hydrogens is 324 g/mol. The van der Waals surface area contributed by atoms with E-state index in [9.17, 15) is 0 Å². The fourth-order valence-corrected chi connectivity index (χ4v) is 3.99. The summed E-state index contributed by atoms with van der Waals surface area (Å²) in [5.74, 6) is 1.73. The number of halogens is 1. The molecule has 0 spiro atoms. The lowest BCUT2D eigenvalue weighted by molar-refractivity contribution is 0.0296. The van der Waals surface area contributed by atoms with Crippen molar-refractivity contribution in [1.82, 2.24) is 14.9 Å². The van der Waals surface area contributed by atoms with Crippen molar-refractivity contribution in [2.24, 2.45) is 5.92 Å². The third kappa shape index (κ3) is 3.48. The summed E-state index contributed by atoms with van der Waals surface area (Å²) in [6.45, 7) is 7.15. The molecule has 3 heterocycles. The predicted molar refractivity (Wildman–Crippen MR) is 96.7 cm³/mol. The molecule has 1 aromatic carbocycles. The van der Waals surface area contributed by atoms with Gasteiger partial charge >= 0.3 is 0 Å². The zero-order valence-electron chi connectivity index (χ0n) is 13.8. The molecule has 5 nitrogen and oxygen atoms in total. The van der Waals surface area contributed by atoms with Crippen molar-refractivity contribution in [2.45, 2.75) is 12.8 Å². The van der Waals surface area contributed by atoms with Gasteiger partial charge in [-0.1, -0.05) is 11.6 Å². The minimum Gasteiger partial charge on any atom is -0.379 e. The fraction of sp³-hybridized carbons (Fsp3) is 0.556. The second-order valence-corrected chi connectivity index (χ2v) is 7.16. The first-order chi connectivity index (χ1) is 11.8. The van der Waals surface area contributed by atoms with Crippen LogP contribution in [0, 0.1) is 5.92 Å². The van der Waals surface area contributed by atoms with Crippen LogP contribution < -0.4 is 4.90 Å². The Labute approximate surface area is 147 Å². The van der Waals surface area contributed by atoms with Crippen LogP contribution in [0.3, 0.4) is 0 Å². The van der Waals surface area contributed by atoms with Crippen molar-refractivity contribution in [2.75, 3.05) is 50.8 Å². The number of hydrogen-bond acceptors (Lipinski definition) is 5. The second-order valence-electron chi connectivity index (χ2n) is 6.73. The normalized spacial score (nSPS) is 22.9. The van der Waals surface area contributed by atoms with Crippen molar-refractivity contribution in [3.8, 4) is 0 Å². The maximum atomic E-state index is 6.10. The van der Waals surface area contributed by atoms with Crippen LogP contribution in [-0.4, -0.2) is 60.8 Å². The largest absolute Gasteiger partial charge is 0.379 e. The fourth-order valence-electron chi connectivity index (χ4n) is 3.82. The lowest BCUT2D eigenvalue weighted by atomic mass is 9.97. The minimum absolute atomic E-state index is 0.689. The third-order valence-electron chi connectivity index (χ3n) is 5.02. The molecule has 4 rings (SSSR count). The molecular formula is C18H23ClN4O. The molecule has 6 heteroatoms. The van der Waals surface area contributed by atoms with Crippen LogP contribution in [0.4, 0.5) is 5.82 Å². The van der Waals surface area contributed by atoms with Gasteiger partial charge in [-0.3, -0.25) is 4.90 Å². The molecule has 0 N–H and O–H groups in total. The SMILES string of the molecule is Clc1ccc2c(N3CCCC(CN4CCOCC4)C3)ncnc2c1. The zero-order valence-corrected chi connectivity index (χ0v) is 14.6. The number of ether oxygens (including phenoxy) is 1. The van der Waals surface area contributed by atoms with Gasteiger partial charge in [0.1, 0.15) is 12.1 Å².